The zero-order valence-electron chi connectivity index (χ0n) is 20.1. The number of fused-ring (bicyclic) bond motifs is 2. The standard InChI is InChI=1S/C15H12N2O2.C15H11NO2/c1-16-10-14(11-5-3-2-4-6-11)13-8-7-12(17(18)19)9-15(13)16;17-16(18)13-7-9-15-12(10-13)6-8-14(15)11-4-2-1-3-5-11/h2-10H,1H3;1-5,7-10H,6H2. The molecule has 0 atom stereocenters. The second kappa shape index (κ2) is 9.91. The van der Waals surface area contributed by atoms with Gasteiger partial charge in [0, 0.05) is 48.5 Å². The van der Waals surface area contributed by atoms with Gasteiger partial charge in [0.2, 0.25) is 0 Å². The van der Waals surface area contributed by atoms with Crippen LogP contribution in [0.2, 0.25) is 0 Å². The third kappa shape index (κ3) is 4.75. The topological polar surface area (TPSA) is 91.2 Å². The molecule has 0 saturated carbocycles. The highest BCUT2D eigenvalue weighted by Crippen LogP contribution is 2.35. The zero-order valence-corrected chi connectivity index (χ0v) is 20.1. The molecule has 5 aromatic rings. The van der Waals surface area contributed by atoms with Gasteiger partial charge in [0.25, 0.3) is 11.4 Å². The van der Waals surface area contributed by atoms with Gasteiger partial charge in [-0.2, -0.15) is 0 Å². The molecule has 37 heavy (non-hydrogen) atoms. The summed E-state index contributed by atoms with van der Waals surface area (Å²) in [4.78, 5) is 20.9. The van der Waals surface area contributed by atoms with Crippen molar-refractivity contribution in [1.29, 1.82) is 0 Å². The molecular formula is C30H23N3O4. The number of rotatable bonds is 4. The molecule has 7 heteroatoms. The summed E-state index contributed by atoms with van der Waals surface area (Å²) in [5, 5.41) is 22.6. The van der Waals surface area contributed by atoms with E-state index in [1.165, 1.54) is 5.57 Å². The van der Waals surface area contributed by atoms with Gasteiger partial charge in [0.15, 0.2) is 0 Å². The summed E-state index contributed by atoms with van der Waals surface area (Å²) in [5.41, 5.74) is 7.81. The molecule has 1 aliphatic carbocycles. The highest BCUT2D eigenvalue weighted by Gasteiger charge is 2.18. The lowest BCUT2D eigenvalue weighted by molar-refractivity contribution is -0.385. The van der Waals surface area contributed by atoms with Gasteiger partial charge in [-0.15, -0.1) is 0 Å². The molecule has 0 fully saturated rings. The highest BCUT2D eigenvalue weighted by molar-refractivity contribution is 5.97. The Bertz CT molecular complexity index is 1660. The van der Waals surface area contributed by atoms with Crippen molar-refractivity contribution in [2.45, 2.75) is 6.42 Å². The Kier molecular flexibility index (Phi) is 6.34. The normalized spacial score (nSPS) is 11.9. The molecule has 0 saturated heterocycles. The molecule has 0 bridgehead atoms. The van der Waals surface area contributed by atoms with Crippen LogP contribution >= 0.6 is 0 Å². The van der Waals surface area contributed by atoms with Gasteiger partial charge in [-0.3, -0.25) is 20.2 Å². The zero-order chi connectivity index (χ0) is 25.9. The van der Waals surface area contributed by atoms with E-state index in [4.69, 9.17) is 0 Å². The van der Waals surface area contributed by atoms with Crippen LogP contribution in [-0.4, -0.2) is 14.4 Å². The summed E-state index contributed by atoms with van der Waals surface area (Å²) >= 11 is 0. The van der Waals surface area contributed by atoms with Gasteiger partial charge in [0.1, 0.15) is 0 Å². The van der Waals surface area contributed by atoms with Crippen molar-refractivity contribution in [2.75, 3.05) is 0 Å². The van der Waals surface area contributed by atoms with Crippen LogP contribution < -0.4 is 0 Å². The number of benzene rings is 4. The largest absolute Gasteiger partial charge is 0.350 e. The number of hydrogen-bond acceptors (Lipinski definition) is 4. The van der Waals surface area contributed by atoms with E-state index in [9.17, 15) is 20.2 Å². The van der Waals surface area contributed by atoms with E-state index in [1.54, 1.807) is 24.3 Å². The molecular weight excluding hydrogens is 466 g/mol. The van der Waals surface area contributed by atoms with Crippen LogP contribution in [0.4, 0.5) is 11.4 Å². The number of non-ortho nitro benzene ring substituents is 2. The van der Waals surface area contributed by atoms with Crippen molar-refractivity contribution in [2.24, 2.45) is 7.05 Å². The molecule has 0 unspecified atom stereocenters. The SMILES string of the molecule is Cn1cc(-c2ccccc2)c2ccc([N+](=O)[O-])cc21.O=[N+]([O-])c1ccc2c(c1)CC=C2c1ccccc1. The average molecular weight is 490 g/mol. The summed E-state index contributed by atoms with van der Waals surface area (Å²) in [5.74, 6) is 0. The Morgan fingerprint density at radius 2 is 1.30 bits per heavy atom. The first-order chi connectivity index (χ1) is 17.9. The number of nitro benzene ring substituents is 2. The van der Waals surface area contributed by atoms with Gasteiger partial charge in [-0.1, -0.05) is 66.7 Å². The van der Waals surface area contributed by atoms with Crippen LogP contribution in [-0.2, 0) is 13.5 Å². The summed E-state index contributed by atoms with van der Waals surface area (Å²) < 4.78 is 1.92. The Labute approximate surface area is 213 Å². The van der Waals surface area contributed by atoms with Crippen molar-refractivity contribution in [3.05, 3.63) is 146 Å². The number of hydrogen-bond donors (Lipinski definition) is 0. The fourth-order valence-electron chi connectivity index (χ4n) is 4.67. The fraction of sp³-hybridized carbons (Fsp3) is 0.0667. The van der Waals surface area contributed by atoms with E-state index in [-0.39, 0.29) is 21.2 Å². The molecule has 1 aromatic heterocycles. The van der Waals surface area contributed by atoms with E-state index in [0.717, 1.165) is 45.1 Å². The van der Waals surface area contributed by atoms with E-state index in [1.807, 2.05) is 78.5 Å². The summed E-state index contributed by atoms with van der Waals surface area (Å²) in [6.45, 7) is 0. The van der Waals surface area contributed by atoms with Crippen molar-refractivity contribution in [3.63, 3.8) is 0 Å². The van der Waals surface area contributed by atoms with Gasteiger partial charge < -0.3 is 4.57 Å². The molecule has 0 amide bonds. The Morgan fingerprint density at radius 3 is 1.95 bits per heavy atom. The molecule has 1 heterocycles. The minimum atomic E-state index is -0.366. The number of nitro groups is 2. The Balaban J connectivity index is 0.000000152. The predicted molar refractivity (Wildman–Crippen MR) is 145 cm³/mol. The highest BCUT2D eigenvalue weighted by atomic mass is 16.6. The Hall–Kier alpha value is -5.04. The minimum Gasteiger partial charge on any atom is -0.350 e. The van der Waals surface area contributed by atoms with E-state index >= 15 is 0 Å². The first-order valence-electron chi connectivity index (χ1n) is 11.7. The lowest BCUT2D eigenvalue weighted by atomic mass is 9.99. The van der Waals surface area contributed by atoms with Crippen molar-refractivity contribution < 1.29 is 9.85 Å². The fourth-order valence-corrected chi connectivity index (χ4v) is 4.67. The molecule has 4 aromatic carbocycles. The average Bonchev–Trinajstić information content (AvgIpc) is 3.50. The molecule has 1 aliphatic rings. The second-order valence-corrected chi connectivity index (χ2v) is 8.76. The molecule has 0 N–H and O–H groups in total. The monoisotopic (exact) mass is 489 g/mol. The lowest BCUT2D eigenvalue weighted by Crippen LogP contribution is -1.92. The van der Waals surface area contributed by atoms with E-state index in [2.05, 4.69) is 18.2 Å². The quantitative estimate of drug-likeness (QED) is 0.195. The first-order valence-corrected chi connectivity index (χ1v) is 11.7. The van der Waals surface area contributed by atoms with Crippen LogP contribution in [0.1, 0.15) is 16.7 Å². The first kappa shape index (κ1) is 23.7. The minimum absolute atomic E-state index is 0.119. The summed E-state index contributed by atoms with van der Waals surface area (Å²) in [7, 11) is 1.90. The van der Waals surface area contributed by atoms with Crippen LogP contribution in [0.5, 0.6) is 0 Å². The van der Waals surface area contributed by atoms with Crippen molar-refractivity contribution >= 4 is 27.9 Å². The van der Waals surface area contributed by atoms with Gasteiger partial charge >= 0.3 is 0 Å². The Morgan fingerprint density at radius 1 is 0.703 bits per heavy atom. The van der Waals surface area contributed by atoms with E-state index < -0.39 is 0 Å². The molecule has 0 spiro atoms. The smallest absolute Gasteiger partial charge is 0.271 e. The van der Waals surface area contributed by atoms with Gasteiger partial charge in [-0.05, 0) is 46.4 Å². The van der Waals surface area contributed by atoms with Crippen LogP contribution in [0, 0.1) is 20.2 Å². The maximum absolute atomic E-state index is 10.8. The number of aromatic nitrogens is 1. The van der Waals surface area contributed by atoms with Crippen LogP contribution in [0.25, 0.3) is 27.6 Å². The maximum atomic E-state index is 10.8. The van der Waals surface area contributed by atoms with Gasteiger partial charge in [0.05, 0.1) is 15.4 Å². The number of allylic oxidation sites excluding steroid dienone is 1. The van der Waals surface area contributed by atoms with Gasteiger partial charge in [-0.25, -0.2) is 0 Å². The second-order valence-electron chi connectivity index (χ2n) is 8.76. The summed E-state index contributed by atoms with van der Waals surface area (Å²) in [6.07, 6.45) is 4.90. The molecule has 0 radical (unpaired) electrons. The predicted octanol–water partition coefficient (Wildman–Crippen LogP) is 7.34. The van der Waals surface area contributed by atoms with Crippen molar-refractivity contribution in [1.82, 2.24) is 4.57 Å². The molecule has 6 rings (SSSR count). The number of aryl methyl sites for hydroxylation is 1. The molecule has 7 nitrogen and oxygen atoms in total. The molecule has 0 aliphatic heterocycles. The van der Waals surface area contributed by atoms with Crippen LogP contribution in [0.15, 0.2) is 109 Å². The van der Waals surface area contributed by atoms with Crippen molar-refractivity contribution in [3.8, 4) is 11.1 Å². The maximum Gasteiger partial charge on any atom is 0.271 e. The lowest BCUT2D eigenvalue weighted by Gasteiger charge is -2.05. The third-order valence-corrected chi connectivity index (χ3v) is 6.47. The molecule has 182 valence electrons. The van der Waals surface area contributed by atoms with E-state index in [0.29, 0.717) is 0 Å². The number of nitrogens with zero attached hydrogens (tertiary/aromatic N) is 3. The summed E-state index contributed by atoms with van der Waals surface area (Å²) in [6, 6.07) is 30.2. The third-order valence-electron chi connectivity index (χ3n) is 6.47. The van der Waals surface area contributed by atoms with Crippen LogP contribution in [0.3, 0.4) is 0 Å².